The van der Waals surface area contributed by atoms with Gasteiger partial charge < -0.3 is 0 Å². The zero-order chi connectivity index (χ0) is 23.7. The maximum Gasteiger partial charge on any atom is 0.382 e. The SMILES string of the molecule is FC1(F)CC(F)(F)C2(F)C(F)(F)C(F)(F)C(F)(F)C(F)(F)C2(F)C(F)(F)C1(F)F. The molecule has 2 aliphatic carbocycles. The standard InChI is InChI=1S/C11H2F18/c12-2(13)1-3(14,15)6(18,19)8(22,23)5(17)4(2,16)7(20,21)10(26,27)11(28,29)9(5,24)25/h1H2. The summed E-state index contributed by atoms with van der Waals surface area (Å²) in [5, 5.41) is 0. The molecule has 2 rings (SSSR count). The van der Waals surface area contributed by atoms with Gasteiger partial charge in [0.2, 0.25) is 0 Å². The van der Waals surface area contributed by atoms with Crippen LogP contribution >= 0.6 is 0 Å². The Labute approximate surface area is 145 Å². The van der Waals surface area contributed by atoms with Crippen molar-refractivity contribution in [3.05, 3.63) is 0 Å². The summed E-state index contributed by atoms with van der Waals surface area (Å²) in [6.07, 6.45) is -4.64. The van der Waals surface area contributed by atoms with Crippen molar-refractivity contribution >= 4 is 0 Å². The molecule has 0 bridgehead atoms. The van der Waals surface area contributed by atoms with Gasteiger partial charge in [-0.15, -0.1) is 0 Å². The Hall–Kier alpha value is -1.26. The van der Waals surface area contributed by atoms with E-state index in [2.05, 4.69) is 0 Å². The van der Waals surface area contributed by atoms with Crippen molar-refractivity contribution < 1.29 is 79.0 Å². The number of halogens is 18. The lowest BCUT2D eigenvalue weighted by atomic mass is 9.60. The molecular formula is C11H2F18. The van der Waals surface area contributed by atoms with Gasteiger partial charge in [-0.25, -0.2) is 17.6 Å². The van der Waals surface area contributed by atoms with Gasteiger partial charge in [0.25, 0.3) is 17.3 Å². The Balaban J connectivity index is 3.24. The summed E-state index contributed by atoms with van der Waals surface area (Å²) in [5.74, 6) is -64.4. The first kappa shape index (κ1) is 24.0. The summed E-state index contributed by atoms with van der Waals surface area (Å²) in [5.41, 5.74) is -17.0. The van der Waals surface area contributed by atoms with E-state index in [1.807, 2.05) is 0 Å². The molecule has 0 saturated heterocycles. The molecule has 29 heavy (non-hydrogen) atoms. The topological polar surface area (TPSA) is 0 Å². The van der Waals surface area contributed by atoms with Crippen LogP contribution in [0.25, 0.3) is 0 Å². The lowest BCUT2D eigenvalue weighted by molar-refractivity contribution is -0.510. The van der Waals surface area contributed by atoms with E-state index in [-0.39, 0.29) is 0 Å². The number of rotatable bonds is 0. The number of fused-ring (bicyclic) bond motifs is 1. The van der Waals surface area contributed by atoms with Crippen molar-refractivity contribution in [3.63, 3.8) is 0 Å². The summed E-state index contributed by atoms with van der Waals surface area (Å²) in [7, 11) is 0. The molecule has 2 unspecified atom stereocenters. The Kier molecular flexibility index (Phi) is 4.11. The van der Waals surface area contributed by atoms with Crippen LogP contribution in [0.2, 0.25) is 0 Å². The van der Waals surface area contributed by atoms with E-state index in [9.17, 15) is 79.0 Å². The highest BCUT2D eigenvalue weighted by Crippen LogP contribution is 2.78. The third kappa shape index (κ3) is 1.82. The molecule has 0 aromatic rings. The molecule has 2 saturated carbocycles. The molecule has 0 radical (unpaired) electrons. The fraction of sp³-hybridized carbons (Fsp3) is 1.00. The second kappa shape index (κ2) is 4.96. The van der Waals surface area contributed by atoms with Gasteiger partial charge in [-0.05, 0) is 0 Å². The van der Waals surface area contributed by atoms with E-state index in [0.29, 0.717) is 0 Å². The first-order valence-corrected chi connectivity index (χ1v) is 6.61. The minimum Gasteiger partial charge on any atom is -0.226 e. The first-order valence-electron chi connectivity index (χ1n) is 6.61. The van der Waals surface area contributed by atoms with Crippen LogP contribution in [0.1, 0.15) is 6.42 Å². The molecule has 0 nitrogen and oxygen atoms in total. The van der Waals surface area contributed by atoms with Crippen molar-refractivity contribution in [1.29, 1.82) is 0 Å². The number of alkyl halides is 18. The highest BCUT2D eigenvalue weighted by atomic mass is 19.4. The second-order valence-corrected chi connectivity index (χ2v) is 6.35. The van der Waals surface area contributed by atoms with E-state index in [1.54, 1.807) is 0 Å². The van der Waals surface area contributed by atoms with Crippen LogP contribution in [0.3, 0.4) is 0 Å². The van der Waals surface area contributed by atoms with Gasteiger partial charge in [0.15, 0.2) is 0 Å². The molecule has 172 valence electrons. The van der Waals surface area contributed by atoms with Crippen molar-refractivity contribution in [2.24, 2.45) is 0 Å². The molecular weight excluding hydrogens is 474 g/mol. The summed E-state index contributed by atoms with van der Waals surface area (Å²) in [6, 6.07) is 0. The van der Waals surface area contributed by atoms with Crippen molar-refractivity contribution in [2.45, 2.75) is 65.1 Å². The molecule has 0 amide bonds. The average Bonchev–Trinajstić information content (AvgIpc) is 2.50. The van der Waals surface area contributed by atoms with Crippen molar-refractivity contribution in [1.82, 2.24) is 0 Å². The Bertz CT molecular complexity index is 719. The van der Waals surface area contributed by atoms with Gasteiger partial charge >= 0.3 is 41.5 Å². The molecule has 0 aliphatic heterocycles. The van der Waals surface area contributed by atoms with E-state index < -0.39 is 65.1 Å². The van der Waals surface area contributed by atoms with Crippen LogP contribution in [-0.2, 0) is 0 Å². The average molecular weight is 476 g/mol. The van der Waals surface area contributed by atoms with Crippen LogP contribution in [0.4, 0.5) is 79.0 Å². The molecule has 2 fully saturated rings. The van der Waals surface area contributed by atoms with Gasteiger partial charge in [0.1, 0.15) is 0 Å². The summed E-state index contributed by atoms with van der Waals surface area (Å²) >= 11 is 0. The van der Waals surface area contributed by atoms with Crippen LogP contribution in [0.5, 0.6) is 0 Å². The van der Waals surface area contributed by atoms with Gasteiger partial charge in [-0.2, -0.15) is 61.5 Å². The second-order valence-electron chi connectivity index (χ2n) is 6.35. The molecule has 0 aromatic heterocycles. The molecule has 0 spiro atoms. The lowest BCUT2D eigenvalue weighted by Crippen LogP contribution is -2.92. The van der Waals surface area contributed by atoms with Gasteiger partial charge in [-0.1, -0.05) is 0 Å². The molecule has 2 atom stereocenters. The summed E-state index contributed by atoms with van der Waals surface area (Å²) < 4.78 is 244. The molecule has 0 aromatic carbocycles. The monoisotopic (exact) mass is 476 g/mol. The van der Waals surface area contributed by atoms with Crippen LogP contribution < -0.4 is 0 Å². The Morgan fingerprint density at radius 3 is 0.897 bits per heavy atom. The third-order valence-corrected chi connectivity index (χ3v) is 4.76. The summed E-state index contributed by atoms with van der Waals surface area (Å²) in [4.78, 5) is 0. The predicted molar refractivity (Wildman–Crippen MR) is 51.9 cm³/mol. The Morgan fingerprint density at radius 2 is 0.552 bits per heavy atom. The predicted octanol–water partition coefficient (Wildman–Crippen LogP) is 5.90. The van der Waals surface area contributed by atoms with E-state index in [1.165, 1.54) is 0 Å². The number of hydrogen-bond acceptors (Lipinski definition) is 0. The maximum atomic E-state index is 14.4. The summed E-state index contributed by atoms with van der Waals surface area (Å²) in [6.45, 7) is 0. The van der Waals surface area contributed by atoms with Gasteiger partial charge in [-0.3, -0.25) is 0 Å². The van der Waals surface area contributed by atoms with E-state index in [4.69, 9.17) is 0 Å². The van der Waals surface area contributed by atoms with E-state index >= 15 is 0 Å². The molecule has 0 N–H and O–H groups in total. The minimum atomic E-state index is -8.66. The van der Waals surface area contributed by atoms with Gasteiger partial charge in [0.05, 0.1) is 6.42 Å². The zero-order valence-electron chi connectivity index (χ0n) is 12.5. The normalized spacial score (nSPS) is 42.4. The largest absolute Gasteiger partial charge is 0.382 e. The smallest absolute Gasteiger partial charge is 0.226 e. The molecule has 2 aliphatic rings. The van der Waals surface area contributed by atoms with Crippen LogP contribution in [0, 0.1) is 0 Å². The number of hydrogen-bond donors (Lipinski definition) is 0. The highest BCUT2D eigenvalue weighted by molar-refractivity contribution is 5.39. The fourth-order valence-corrected chi connectivity index (χ4v) is 3.11. The zero-order valence-corrected chi connectivity index (χ0v) is 12.5. The van der Waals surface area contributed by atoms with Crippen LogP contribution in [-0.4, -0.2) is 58.7 Å². The lowest BCUT2D eigenvalue weighted by Gasteiger charge is -2.58. The third-order valence-electron chi connectivity index (χ3n) is 4.76. The molecule has 18 heteroatoms. The van der Waals surface area contributed by atoms with Crippen molar-refractivity contribution in [3.8, 4) is 0 Å². The van der Waals surface area contributed by atoms with E-state index in [0.717, 1.165) is 0 Å². The maximum absolute atomic E-state index is 14.4. The quantitative estimate of drug-likeness (QED) is 0.382. The Morgan fingerprint density at radius 1 is 0.276 bits per heavy atom. The molecule has 0 heterocycles. The first-order chi connectivity index (χ1) is 12.2. The van der Waals surface area contributed by atoms with Crippen molar-refractivity contribution in [2.75, 3.05) is 0 Å². The highest BCUT2D eigenvalue weighted by Gasteiger charge is 3.11. The van der Waals surface area contributed by atoms with Gasteiger partial charge in [0, 0.05) is 0 Å². The minimum absolute atomic E-state index is 4.64. The van der Waals surface area contributed by atoms with Crippen LogP contribution in [0.15, 0.2) is 0 Å². The fourth-order valence-electron chi connectivity index (χ4n) is 3.11.